The van der Waals surface area contributed by atoms with Crippen molar-refractivity contribution in [1.82, 2.24) is 19.7 Å². The van der Waals surface area contributed by atoms with Crippen molar-refractivity contribution in [2.45, 2.75) is 19.4 Å². The molecule has 0 saturated heterocycles. The Morgan fingerprint density at radius 2 is 1.95 bits per heavy atom. The molecule has 0 radical (unpaired) electrons. The third-order valence-corrected chi connectivity index (χ3v) is 3.46. The van der Waals surface area contributed by atoms with Crippen LogP contribution in [0.15, 0.2) is 43.0 Å². The maximum atomic E-state index is 9.08. The van der Waals surface area contributed by atoms with Gasteiger partial charge in [0.1, 0.15) is 24.4 Å². The quantitative estimate of drug-likeness (QED) is 0.706. The predicted molar refractivity (Wildman–Crippen MR) is 84.2 cm³/mol. The number of hydrogen-bond donors (Lipinski definition) is 1. The average molecular weight is 292 g/mol. The van der Waals surface area contributed by atoms with Gasteiger partial charge < -0.3 is 9.88 Å². The monoisotopic (exact) mass is 292 g/mol. The Morgan fingerprint density at radius 3 is 2.77 bits per heavy atom. The number of aromatic nitrogens is 4. The Hall–Kier alpha value is -2.94. The molecule has 2 heterocycles. The van der Waals surface area contributed by atoms with Crippen LogP contribution in [-0.2, 0) is 6.54 Å². The van der Waals surface area contributed by atoms with Crippen molar-refractivity contribution in [1.29, 1.82) is 5.26 Å². The highest BCUT2D eigenvalue weighted by Gasteiger charge is 2.04. The lowest BCUT2D eigenvalue weighted by Crippen LogP contribution is -2.05. The van der Waals surface area contributed by atoms with Gasteiger partial charge in [0.15, 0.2) is 0 Å². The van der Waals surface area contributed by atoms with Gasteiger partial charge in [-0.15, -0.1) is 10.2 Å². The molecule has 22 heavy (non-hydrogen) atoms. The van der Waals surface area contributed by atoms with Crippen LogP contribution < -0.4 is 5.32 Å². The number of hydrogen-bond acceptors (Lipinski definition) is 5. The fourth-order valence-electron chi connectivity index (χ4n) is 2.36. The molecule has 0 aliphatic rings. The molecule has 2 aromatic heterocycles. The smallest absolute Gasteiger partial charge is 0.143 e. The van der Waals surface area contributed by atoms with Gasteiger partial charge in [0, 0.05) is 24.2 Å². The van der Waals surface area contributed by atoms with Crippen molar-refractivity contribution in [3.05, 3.63) is 48.7 Å². The molecule has 0 atom stereocenters. The molecule has 1 aromatic carbocycles. The van der Waals surface area contributed by atoms with Crippen LogP contribution in [0.5, 0.6) is 0 Å². The van der Waals surface area contributed by atoms with E-state index in [1.165, 1.54) is 0 Å². The van der Waals surface area contributed by atoms with E-state index in [0.29, 0.717) is 5.69 Å². The molecule has 0 spiro atoms. The van der Waals surface area contributed by atoms with E-state index in [0.717, 1.165) is 42.5 Å². The summed E-state index contributed by atoms with van der Waals surface area (Å²) in [6.45, 7) is 1.76. The zero-order valence-electron chi connectivity index (χ0n) is 12.1. The van der Waals surface area contributed by atoms with Crippen molar-refractivity contribution in [2.75, 3.05) is 11.9 Å². The number of nitrogens with zero attached hydrogens (tertiary/aromatic N) is 5. The molecule has 6 heteroatoms. The Kier molecular flexibility index (Phi) is 4.25. The van der Waals surface area contributed by atoms with Crippen LogP contribution in [0.3, 0.4) is 0 Å². The number of rotatable bonds is 6. The van der Waals surface area contributed by atoms with E-state index in [1.807, 2.05) is 34.9 Å². The third kappa shape index (κ3) is 3.20. The van der Waals surface area contributed by atoms with Crippen LogP contribution in [0.1, 0.15) is 18.5 Å². The van der Waals surface area contributed by atoms with Crippen LogP contribution in [0.4, 0.5) is 5.69 Å². The molecular weight excluding hydrogens is 276 g/mol. The minimum absolute atomic E-state index is 0.436. The molecule has 0 fully saturated rings. The summed E-state index contributed by atoms with van der Waals surface area (Å²) >= 11 is 0. The number of benzene rings is 1. The predicted octanol–water partition coefficient (Wildman–Crippen LogP) is 2.59. The van der Waals surface area contributed by atoms with Crippen molar-refractivity contribution in [3.8, 4) is 6.07 Å². The Balaban J connectivity index is 1.62. The van der Waals surface area contributed by atoms with Crippen LogP contribution in [0.2, 0.25) is 0 Å². The second-order valence-corrected chi connectivity index (χ2v) is 5.02. The van der Waals surface area contributed by atoms with Gasteiger partial charge in [0.25, 0.3) is 0 Å². The topological polar surface area (TPSA) is 79.4 Å². The van der Waals surface area contributed by atoms with Crippen LogP contribution in [-0.4, -0.2) is 26.3 Å². The SMILES string of the molecule is N#Cc1cc(NCCCCn2cnnc2)c2ccccc2n1. The van der Waals surface area contributed by atoms with Gasteiger partial charge in [0.2, 0.25) is 0 Å². The van der Waals surface area contributed by atoms with Gasteiger partial charge in [-0.25, -0.2) is 4.98 Å². The molecule has 3 aromatic rings. The summed E-state index contributed by atoms with van der Waals surface area (Å²) in [6.07, 6.45) is 5.52. The molecule has 0 amide bonds. The van der Waals surface area contributed by atoms with Gasteiger partial charge in [-0.05, 0) is 25.0 Å². The van der Waals surface area contributed by atoms with E-state index < -0.39 is 0 Å². The number of fused-ring (bicyclic) bond motifs is 1. The summed E-state index contributed by atoms with van der Waals surface area (Å²) in [6, 6.07) is 11.8. The lowest BCUT2D eigenvalue weighted by molar-refractivity contribution is 0.619. The molecule has 0 aliphatic heterocycles. The molecule has 0 aliphatic carbocycles. The number of para-hydroxylation sites is 1. The summed E-state index contributed by atoms with van der Waals surface area (Å²) in [5.74, 6) is 0. The summed E-state index contributed by atoms with van der Waals surface area (Å²) in [5.41, 5.74) is 2.24. The Morgan fingerprint density at radius 1 is 1.14 bits per heavy atom. The van der Waals surface area contributed by atoms with Gasteiger partial charge >= 0.3 is 0 Å². The maximum Gasteiger partial charge on any atom is 0.143 e. The molecule has 0 saturated carbocycles. The fraction of sp³-hybridized carbons (Fsp3) is 0.250. The van der Waals surface area contributed by atoms with Crippen LogP contribution in [0, 0.1) is 11.3 Å². The summed E-state index contributed by atoms with van der Waals surface area (Å²) < 4.78 is 1.97. The van der Waals surface area contributed by atoms with Crippen LogP contribution >= 0.6 is 0 Å². The molecule has 3 rings (SSSR count). The second-order valence-electron chi connectivity index (χ2n) is 5.02. The maximum absolute atomic E-state index is 9.08. The first-order valence-electron chi connectivity index (χ1n) is 7.23. The third-order valence-electron chi connectivity index (χ3n) is 3.46. The number of nitrogens with one attached hydrogen (secondary N) is 1. The Bertz CT molecular complexity index is 788. The highest BCUT2D eigenvalue weighted by Crippen LogP contribution is 2.22. The molecule has 0 unspecified atom stereocenters. The van der Waals surface area contributed by atoms with E-state index >= 15 is 0 Å². The van der Waals surface area contributed by atoms with Gasteiger partial charge in [-0.2, -0.15) is 5.26 Å². The van der Waals surface area contributed by atoms with Gasteiger partial charge in [0.05, 0.1) is 5.52 Å². The largest absolute Gasteiger partial charge is 0.384 e. The molecule has 1 N–H and O–H groups in total. The van der Waals surface area contributed by atoms with Crippen molar-refractivity contribution < 1.29 is 0 Å². The van der Waals surface area contributed by atoms with Crippen molar-refractivity contribution in [3.63, 3.8) is 0 Å². The number of unbranched alkanes of at least 4 members (excludes halogenated alkanes) is 1. The van der Waals surface area contributed by atoms with E-state index in [-0.39, 0.29) is 0 Å². The first-order valence-corrected chi connectivity index (χ1v) is 7.23. The number of pyridine rings is 1. The first kappa shape index (κ1) is 14.0. The molecule has 6 nitrogen and oxygen atoms in total. The molecule has 0 bridgehead atoms. The standard InChI is InChI=1S/C16H16N6/c17-10-13-9-16(14-5-1-2-6-15(14)21-13)18-7-3-4-8-22-11-19-20-12-22/h1-2,5-6,9,11-12H,3-4,7-8H2,(H,18,21). The second kappa shape index (κ2) is 6.68. The average Bonchev–Trinajstić information content (AvgIpc) is 3.07. The number of aryl methyl sites for hydroxylation is 1. The lowest BCUT2D eigenvalue weighted by atomic mass is 10.1. The van der Waals surface area contributed by atoms with E-state index in [1.54, 1.807) is 12.7 Å². The summed E-state index contributed by atoms with van der Waals surface area (Å²) in [7, 11) is 0. The van der Waals surface area contributed by atoms with Crippen molar-refractivity contribution >= 4 is 16.6 Å². The normalized spacial score (nSPS) is 10.5. The summed E-state index contributed by atoms with van der Waals surface area (Å²) in [5, 5.41) is 21.1. The fourth-order valence-corrected chi connectivity index (χ4v) is 2.36. The number of nitriles is 1. The van der Waals surface area contributed by atoms with Gasteiger partial charge in [-0.1, -0.05) is 18.2 Å². The van der Waals surface area contributed by atoms with Crippen LogP contribution in [0.25, 0.3) is 10.9 Å². The minimum atomic E-state index is 0.436. The van der Waals surface area contributed by atoms with E-state index in [4.69, 9.17) is 5.26 Å². The van der Waals surface area contributed by atoms with E-state index in [9.17, 15) is 0 Å². The molecule has 110 valence electrons. The molecular formula is C16H16N6. The Labute approximate surface area is 128 Å². The minimum Gasteiger partial charge on any atom is -0.384 e. The summed E-state index contributed by atoms with van der Waals surface area (Å²) in [4.78, 5) is 4.31. The lowest BCUT2D eigenvalue weighted by Gasteiger charge is -2.10. The van der Waals surface area contributed by atoms with Gasteiger partial charge in [-0.3, -0.25) is 0 Å². The first-order chi connectivity index (χ1) is 10.9. The highest BCUT2D eigenvalue weighted by molar-refractivity contribution is 5.91. The van der Waals surface area contributed by atoms with E-state index in [2.05, 4.69) is 26.6 Å². The highest BCUT2D eigenvalue weighted by atomic mass is 15.2. The number of anilines is 1. The zero-order chi connectivity index (χ0) is 15.2. The zero-order valence-corrected chi connectivity index (χ0v) is 12.1. The van der Waals surface area contributed by atoms with Crippen molar-refractivity contribution in [2.24, 2.45) is 0 Å².